The number of anilines is 1. The van der Waals surface area contributed by atoms with Gasteiger partial charge in [0.1, 0.15) is 12.4 Å². The summed E-state index contributed by atoms with van der Waals surface area (Å²) in [5.74, 6) is -0.374. The molecule has 181 valence electrons. The predicted molar refractivity (Wildman–Crippen MR) is 139 cm³/mol. The molecular formula is C29H26FN4O2. The van der Waals surface area contributed by atoms with E-state index in [1.165, 1.54) is 12.1 Å². The van der Waals surface area contributed by atoms with Crippen molar-refractivity contribution in [3.05, 3.63) is 107 Å². The SMILES string of the molecule is Cc1ccc(C(=O)N=C2[CH]N(c3ccc(C(=O)N4CCC(c5ccc(F)cc5)C4)cc3)N=C2)c(C)c1. The third-order valence-electron chi connectivity index (χ3n) is 6.61. The van der Waals surface area contributed by atoms with Gasteiger partial charge in [0.05, 0.1) is 17.6 Å². The van der Waals surface area contributed by atoms with Gasteiger partial charge in [-0.25, -0.2) is 9.38 Å². The Kier molecular flexibility index (Phi) is 6.46. The second-order valence-electron chi connectivity index (χ2n) is 9.21. The monoisotopic (exact) mass is 481 g/mol. The third-order valence-corrected chi connectivity index (χ3v) is 6.61. The molecule has 1 fully saturated rings. The minimum Gasteiger partial charge on any atom is -0.338 e. The summed E-state index contributed by atoms with van der Waals surface area (Å²) in [7, 11) is 0. The third kappa shape index (κ3) is 4.96. The van der Waals surface area contributed by atoms with E-state index >= 15 is 0 Å². The lowest BCUT2D eigenvalue weighted by atomic mass is 9.98. The zero-order chi connectivity index (χ0) is 25.2. The number of benzene rings is 3. The Morgan fingerprint density at radius 2 is 1.75 bits per heavy atom. The van der Waals surface area contributed by atoms with Crippen LogP contribution in [-0.2, 0) is 0 Å². The van der Waals surface area contributed by atoms with Gasteiger partial charge in [0, 0.05) is 30.1 Å². The normalized spacial score (nSPS) is 18.3. The van der Waals surface area contributed by atoms with E-state index in [0.717, 1.165) is 28.8 Å². The number of aryl methyl sites for hydroxylation is 2. The molecule has 2 aliphatic rings. The summed E-state index contributed by atoms with van der Waals surface area (Å²) in [5.41, 5.74) is 5.43. The zero-order valence-corrected chi connectivity index (χ0v) is 20.2. The molecule has 2 amide bonds. The molecule has 0 spiro atoms. The molecule has 0 aliphatic carbocycles. The predicted octanol–water partition coefficient (Wildman–Crippen LogP) is 5.32. The zero-order valence-electron chi connectivity index (χ0n) is 20.2. The first-order valence-electron chi connectivity index (χ1n) is 11.9. The van der Waals surface area contributed by atoms with E-state index in [9.17, 15) is 14.0 Å². The Labute approximate surface area is 209 Å². The van der Waals surface area contributed by atoms with E-state index in [1.54, 1.807) is 48.1 Å². The molecule has 3 aromatic rings. The summed E-state index contributed by atoms with van der Waals surface area (Å²) >= 11 is 0. The van der Waals surface area contributed by atoms with Crippen LogP contribution < -0.4 is 5.01 Å². The molecule has 0 N–H and O–H groups in total. The Bertz CT molecular complexity index is 1360. The van der Waals surface area contributed by atoms with Crippen molar-refractivity contribution in [2.24, 2.45) is 10.1 Å². The minimum absolute atomic E-state index is 0.0265. The molecule has 0 aromatic heterocycles. The van der Waals surface area contributed by atoms with Gasteiger partial charge in [-0.3, -0.25) is 14.6 Å². The molecule has 36 heavy (non-hydrogen) atoms. The second-order valence-corrected chi connectivity index (χ2v) is 9.21. The van der Waals surface area contributed by atoms with Crippen molar-refractivity contribution in [3.8, 4) is 0 Å². The van der Waals surface area contributed by atoms with Gasteiger partial charge in [0.25, 0.3) is 11.8 Å². The molecule has 0 bridgehead atoms. The standard InChI is InChI=1S/C29H26FN4O2/c1-19-3-12-27(20(2)15-19)28(35)32-25-16-31-34(18-25)26-10-6-22(7-11-26)29(36)33-14-13-23(17-33)21-4-8-24(30)9-5-21/h3-12,15-16,18,23H,13-14,17H2,1-2H3. The molecule has 2 heterocycles. The molecule has 1 saturated heterocycles. The number of rotatable bonds is 4. The van der Waals surface area contributed by atoms with Gasteiger partial charge in [-0.15, -0.1) is 0 Å². The van der Waals surface area contributed by atoms with Gasteiger partial charge in [-0.1, -0.05) is 29.8 Å². The summed E-state index contributed by atoms with van der Waals surface area (Å²) in [6, 6.07) is 19.4. The highest BCUT2D eigenvalue weighted by molar-refractivity contribution is 6.39. The second kappa shape index (κ2) is 9.85. The summed E-state index contributed by atoms with van der Waals surface area (Å²) in [6.07, 6.45) is 2.40. The van der Waals surface area contributed by atoms with Crippen molar-refractivity contribution >= 4 is 29.4 Å². The Morgan fingerprint density at radius 1 is 1.00 bits per heavy atom. The molecular weight excluding hydrogens is 455 g/mol. The summed E-state index contributed by atoms with van der Waals surface area (Å²) < 4.78 is 13.2. The van der Waals surface area contributed by atoms with Crippen LogP contribution in [0, 0.1) is 26.2 Å². The Morgan fingerprint density at radius 3 is 2.47 bits per heavy atom. The van der Waals surface area contributed by atoms with Gasteiger partial charge >= 0.3 is 0 Å². The molecule has 5 rings (SSSR count). The van der Waals surface area contributed by atoms with Crippen LogP contribution in [0.5, 0.6) is 0 Å². The highest BCUT2D eigenvalue weighted by Crippen LogP contribution is 2.29. The number of aliphatic imine (C=N–C) groups is 1. The molecule has 6 nitrogen and oxygen atoms in total. The lowest BCUT2D eigenvalue weighted by Crippen LogP contribution is -2.28. The van der Waals surface area contributed by atoms with Crippen molar-refractivity contribution in [3.63, 3.8) is 0 Å². The maximum atomic E-state index is 13.2. The molecule has 1 unspecified atom stereocenters. The quantitative estimate of drug-likeness (QED) is 0.507. The lowest BCUT2D eigenvalue weighted by Gasteiger charge is -2.18. The number of carbonyl (C=O) groups excluding carboxylic acids is 2. The van der Waals surface area contributed by atoms with Crippen molar-refractivity contribution in [1.82, 2.24) is 4.90 Å². The fourth-order valence-corrected chi connectivity index (χ4v) is 4.63. The van der Waals surface area contributed by atoms with E-state index in [1.807, 2.05) is 43.0 Å². The van der Waals surface area contributed by atoms with Crippen molar-refractivity contribution in [1.29, 1.82) is 0 Å². The maximum absolute atomic E-state index is 13.2. The lowest BCUT2D eigenvalue weighted by molar-refractivity contribution is 0.0790. The fraction of sp³-hybridized carbons (Fsp3) is 0.207. The first-order chi connectivity index (χ1) is 17.4. The average Bonchev–Trinajstić information content (AvgIpc) is 3.54. The number of hydrogen-bond acceptors (Lipinski definition) is 4. The van der Waals surface area contributed by atoms with Crippen LogP contribution in [-0.4, -0.2) is 41.7 Å². The number of nitrogens with zero attached hydrogens (tertiary/aromatic N) is 4. The van der Waals surface area contributed by atoms with Crippen LogP contribution in [0.25, 0.3) is 0 Å². The number of carbonyl (C=O) groups is 2. The molecule has 1 atom stereocenters. The summed E-state index contributed by atoms with van der Waals surface area (Å²) in [6.45, 7) is 6.85. The fourth-order valence-electron chi connectivity index (χ4n) is 4.63. The molecule has 0 saturated carbocycles. The summed E-state index contributed by atoms with van der Waals surface area (Å²) in [5, 5.41) is 5.95. The molecule has 7 heteroatoms. The highest BCUT2D eigenvalue weighted by atomic mass is 19.1. The molecule has 3 aromatic carbocycles. The minimum atomic E-state index is -0.308. The maximum Gasteiger partial charge on any atom is 0.277 e. The smallest absolute Gasteiger partial charge is 0.277 e. The van der Waals surface area contributed by atoms with Gasteiger partial charge in [0.15, 0.2) is 0 Å². The van der Waals surface area contributed by atoms with Crippen LogP contribution in [0.15, 0.2) is 76.8 Å². The van der Waals surface area contributed by atoms with E-state index in [0.29, 0.717) is 29.9 Å². The van der Waals surface area contributed by atoms with Crippen LogP contribution in [0.3, 0.4) is 0 Å². The van der Waals surface area contributed by atoms with E-state index in [-0.39, 0.29) is 23.5 Å². The number of hydrazone groups is 1. The van der Waals surface area contributed by atoms with Gasteiger partial charge in [-0.05, 0) is 73.9 Å². The van der Waals surface area contributed by atoms with Gasteiger partial charge in [0.2, 0.25) is 0 Å². The van der Waals surface area contributed by atoms with E-state index < -0.39 is 0 Å². The summed E-state index contributed by atoms with van der Waals surface area (Å²) in [4.78, 5) is 31.7. The van der Waals surface area contributed by atoms with Crippen molar-refractivity contribution in [2.75, 3.05) is 18.1 Å². The molecule has 2 aliphatic heterocycles. The Hall–Kier alpha value is -4.13. The first-order valence-corrected chi connectivity index (χ1v) is 11.9. The topological polar surface area (TPSA) is 65.3 Å². The number of likely N-dealkylation sites (tertiary alicyclic amines) is 1. The molecule has 1 radical (unpaired) electrons. The number of amides is 2. The number of halogens is 1. The first kappa shape index (κ1) is 23.6. The largest absolute Gasteiger partial charge is 0.338 e. The van der Waals surface area contributed by atoms with Crippen LogP contribution >= 0.6 is 0 Å². The van der Waals surface area contributed by atoms with Crippen LogP contribution in [0.1, 0.15) is 49.7 Å². The van der Waals surface area contributed by atoms with Gasteiger partial charge in [-0.2, -0.15) is 5.10 Å². The van der Waals surface area contributed by atoms with Gasteiger partial charge < -0.3 is 4.90 Å². The highest BCUT2D eigenvalue weighted by Gasteiger charge is 2.28. The van der Waals surface area contributed by atoms with Crippen LogP contribution in [0.2, 0.25) is 0 Å². The van der Waals surface area contributed by atoms with E-state index in [4.69, 9.17) is 0 Å². The van der Waals surface area contributed by atoms with E-state index in [2.05, 4.69) is 10.1 Å². The Balaban J connectivity index is 1.20. The average molecular weight is 482 g/mol. The number of hydrogen-bond donors (Lipinski definition) is 0. The van der Waals surface area contributed by atoms with Crippen LogP contribution in [0.4, 0.5) is 10.1 Å². The van der Waals surface area contributed by atoms with Crippen molar-refractivity contribution in [2.45, 2.75) is 26.2 Å². The van der Waals surface area contributed by atoms with Crippen molar-refractivity contribution < 1.29 is 14.0 Å².